The van der Waals surface area contributed by atoms with Gasteiger partial charge in [-0.15, -0.1) is 0 Å². The van der Waals surface area contributed by atoms with Crippen LogP contribution in [0.3, 0.4) is 0 Å². The van der Waals surface area contributed by atoms with Gasteiger partial charge in [-0.2, -0.15) is 0 Å². The third kappa shape index (κ3) is 4.59. The Morgan fingerprint density at radius 2 is 2.08 bits per heavy atom. The van der Waals surface area contributed by atoms with Crippen LogP contribution in [0.25, 0.3) is 0 Å². The van der Waals surface area contributed by atoms with Crippen molar-refractivity contribution in [1.29, 1.82) is 0 Å². The lowest BCUT2D eigenvalue weighted by molar-refractivity contribution is -0.208. The Morgan fingerprint density at radius 1 is 1.32 bits per heavy atom. The number of Topliss-reactive ketones (excluding diaryl/α,β-unsaturated/α-hetero) is 1. The first kappa shape index (κ1) is 27.7. The van der Waals surface area contributed by atoms with Crippen molar-refractivity contribution in [1.82, 2.24) is 5.32 Å². The first-order chi connectivity index (χ1) is 17.5. The minimum absolute atomic E-state index is 0.0115. The van der Waals surface area contributed by atoms with Gasteiger partial charge in [-0.1, -0.05) is 45.8 Å². The molecular formula is C28H39NO8. The van der Waals surface area contributed by atoms with Crippen LogP contribution in [0, 0.1) is 28.6 Å². The standard InChI is InChI=1S/C28H39NO8/c1-5-6-23-36-16-28(37-23,22(33)15-35-25(34)29-11-12-30)27(4)14-21(32)24-20(17(27)2)8-7-18-13-19(31)9-10-26(18,24)3/h9-10,12-13,17,20-21,23-24,32H,5-8,11,14-16H2,1-4H3,(H,29,34)/t17?,20-,21-,23?,24?,26-,27-,28-/m0/s1. The van der Waals surface area contributed by atoms with Crippen molar-refractivity contribution in [2.75, 3.05) is 19.8 Å². The van der Waals surface area contributed by atoms with Crippen molar-refractivity contribution < 1.29 is 38.5 Å². The minimum atomic E-state index is -1.40. The predicted octanol–water partition coefficient (Wildman–Crippen LogP) is 2.90. The Hall–Kier alpha value is -2.36. The molecule has 4 rings (SSSR count). The quantitative estimate of drug-likeness (QED) is 0.471. The van der Waals surface area contributed by atoms with E-state index < -0.39 is 47.3 Å². The highest BCUT2D eigenvalue weighted by molar-refractivity contribution is 6.01. The SMILES string of the molecule is CCCC1OC[C@](C(=O)COC(=O)NCC=O)([C@@]2(C)C[C@H](O)C3[C@@H](CCC4=CC(=O)C=C[C@@]43C)C2C)O1. The molecule has 0 aromatic rings. The van der Waals surface area contributed by atoms with Crippen molar-refractivity contribution >= 4 is 23.9 Å². The molecule has 2 N–H and O–H groups in total. The minimum Gasteiger partial charge on any atom is -0.441 e. The Balaban J connectivity index is 1.65. The normalized spacial score (nSPS) is 40.8. The van der Waals surface area contributed by atoms with Gasteiger partial charge < -0.3 is 29.4 Å². The van der Waals surface area contributed by atoms with E-state index in [2.05, 4.69) is 19.2 Å². The van der Waals surface area contributed by atoms with Gasteiger partial charge in [-0.05, 0) is 49.7 Å². The Bertz CT molecular complexity index is 1010. The third-order valence-corrected chi connectivity index (χ3v) is 9.56. The smallest absolute Gasteiger partial charge is 0.407 e. The molecule has 2 saturated carbocycles. The Labute approximate surface area is 218 Å². The summed E-state index contributed by atoms with van der Waals surface area (Å²) in [6.07, 6.45) is 6.85. The highest BCUT2D eigenvalue weighted by atomic mass is 16.7. The van der Waals surface area contributed by atoms with Gasteiger partial charge in [0.2, 0.25) is 5.78 Å². The average Bonchev–Trinajstić information content (AvgIpc) is 3.30. The molecular weight excluding hydrogens is 478 g/mol. The number of aldehydes is 1. The van der Waals surface area contributed by atoms with Gasteiger partial charge in [0.15, 0.2) is 24.3 Å². The van der Waals surface area contributed by atoms with Gasteiger partial charge >= 0.3 is 6.09 Å². The molecule has 0 aromatic heterocycles. The van der Waals surface area contributed by atoms with E-state index >= 15 is 0 Å². The molecule has 204 valence electrons. The molecule has 3 unspecified atom stereocenters. The topological polar surface area (TPSA) is 128 Å². The number of aliphatic hydroxyl groups is 1. The number of ether oxygens (including phenoxy) is 3. The fourth-order valence-corrected chi connectivity index (χ4v) is 7.42. The van der Waals surface area contributed by atoms with Gasteiger partial charge in [0.25, 0.3) is 0 Å². The number of carbonyl (C=O) groups excluding carboxylic acids is 4. The van der Waals surface area contributed by atoms with Crippen molar-refractivity contribution in [2.45, 2.75) is 77.8 Å². The van der Waals surface area contributed by atoms with Gasteiger partial charge in [-0.3, -0.25) is 9.59 Å². The van der Waals surface area contributed by atoms with E-state index in [0.29, 0.717) is 19.1 Å². The summed E-state index contributed by atoms with van der Waals surface area (Å²) in [7, 11) is 0. The highest BCUT2D eigenvalue weighted by Crippen LogP contribution is 2.63. The first-order valence-corrected chi connectivity index (χ1v) is 13.3. The summed E-state index contributed by atoms with van der Waals surface area (Å²) >= 11 is 0. The molecule has 9 nitrogen and oxygen atoms in total. The van der Waals surface area contributed by atoms with E-state index in [1.165, 1.54) is 0 Å². The Kier molecular flexibility index (Phi) is 7.79. The van der Waals surface area contributed by atoms with Crippen molar-refractivity contribution in [2.24, 2.45) is 28.6 Å². The fraction of sp³-hybridized carbons (Fsp3) is 0.714. The van der Waals surface area contributed by atoms with E-state index in [1.807, 2.05) is 19.9 Å². The van der Waals surface area contributed by atoms with Crippen molar-refractivity contribution in [3.05, 3.63) is 23.8 Å². The number of alkyl carbamates (subject to hydrolysis) is 1. The van der Waals surface area contributed by atoms with Crippen LogP contribution in [0.4, 0.5) is 4.79 Å². The van der Waals surface area contributed by atoms with Crippen LogP contribution >= 0.6 is 0 Å². The molecule has 8 atom stereocenters. The molecule has 4 aliphatic rings. The molecule has 1 amide bonds. The molecule has 0 radical (unpaired) electrons. The van der Waals surface area contributed by atoms with Crippen LogP contribution in [-0.4, -0.2) is 66.8 Å². The monoisotopic (exact) mass is 517 g/mol. The van der Waals surface area contributed by atoms with Crippen molar-refractivity contribution in [3.8, 4) is 0 Å². The molecule has 1 heterocycles. The maximum absolute atomic E-state index is 13.8. The molecule has 37 heavy (non-hydrogen) atoms. The number of hydrogen-bond acceptors (Lipinski definition) is 8. The third-order valence-electron chi connectivity index (χ3n) is 9.56. The van der Waals surface area contributed by atoms with Crippen LogP contribution in [0.5, 0.6) is 0 Å². The molecule has 1 aliphatic heterocycles. The van der Waals surface area contributed by atoms with Gasteiger partial charge in [0.1, 0.15) is 6.29 Å². The molecule has 3 fully saturated rings. The molecule has 3 aliphatic carbocycles. The van der Waals surface area contributed by atoms with E-state index in [4.69, 9.17) is 14.2 Å². The predicted molar refractivity (Wildman–Crippen MR) is 133 cm³/mol. The molecule has 0 aromatic carbocycles. The average molecular weight is 518 g/mol. The lowest BCUT2D eigenvalue weighted by atomic mass is 9.44. The summed E-state index contributed by atoms with van der Waals surface area (Å²) in [4.78, 5) is 48.4. The zero-order valence-electron chi connectivity index (χ0n) is 22.2. The summed E-state index contributed by atoms with van der Waals surface area (Å²) in [6.45, 7) is 7.46. The summed E-state index contributed by atoms with van der Waals surface area (Å²) < 4.78 is 17.5. The maximum Gasteiger partial charge on any atom is 0.407 e. The summed E-state index contributed by atoms with van der Waals surface area (Å²) in [6, 6.07) is 0. The van der Waals surface area contributed by atoms with Crippen LogP contribution in [0.1, 0.15) is 59.8 Å². The van der Waals surface area contributed by atoms with Gasteiger partial charge in [-0.25, -0.2) is 4.79 Å². The number of aliphatic hydroxyl groups excluding tert-OH is 1. The van der Waals surface area contributed by atoms with Crippen LogP contribution in [-0.2, 0) is 28.6 Å². The highest BCUT2D eigenvalue weighted by Gasteiger charge is 2.67. The van der Waals surface area contributed by atoms with Crippen LogP contribution in [0.15, 0.2) is 23.8 Å². The van der Waals surface area contributed by atoms with Crippen LogP contribution in [0.2, 0.25) is 0 Å². The number of allylic oxidation sites excluding steroid dienone is 4. The van der Waals surface area contributed by atoms with Crippen LogP contribution < -0.4 is 5.32 Å². The number of nitrogens with one attached hydrogen (secondary N) is 1. The second-order valence-electron chi connectivity index (χ2n) is 11.4. The molecule has 1 saturated heterocycles. The van der Waals surface area contributed by atoms with E-state index in [0.717, 1.165) is 24.8 Å². The first-order valence-electron chi connectivity index (χ1n) is 13.3. The molecule has 9 heteroatoms. The lowest BCUT2D eigenvalue weighted by Crippen LogP contribution is -2.66. The maximum atomic E-state index is 13.8. The zero-order chi connectivity index (χ0) is 27.0. The summed E-state index contributed by atoms with van der Waals surface area (Å²) in [5, 5.41) is 14.0. The van der Waals surface area contributed by atoms with Gasteiger partial charge in [0, 0.05) is 16.7 Å². The summed E-state index contributed by atoms with van der Waals surface area (Å²) in [5.41, 5.74) is -1.58. The van der Waals surface area contributed by atoms with Crippen molar-refractivity contribution in [3.63, 3.8) is 0 Å². The second kappa shape index (κ2) is 10.4. The second-order valence-corrected chi connectivity index (χ2v) is 11.4. The number of carbonyl (C=O) groups is 4. The number of rotatable bonds is 8. The lowest BCUT2D eigenvalue weighted by Gasteiger charge is -2.61. The van der Waals surface area contributed by atoms with E-state index in [-0.39, 0.29) is 36.7 Å². The summed E-state index contributed by atoms with van der Waals surface area (Å²) in [5.74, 6) is -0.509. The number of hydrogen-bond donors (Lipinski definition) is 2. The number of ketones is 2. The van der Waals surface area contributed by atoms with Gasteiger partial charge in [0.05, 0.1) is 19.3 Å². The van der Waals surface area contributed by atoms with E-state index in [1.54, 1.807) is 12.2 Å². The Morgan fingerprint density at radius 3 is 2.78 bits per heavy atom. The molecule has 0 bridgehead atoms. The fourth-order valence-electron chi connectivity index (χ4n) is 7.42. The number of amides is 1. The molecule has 0 spiro atoms. The van der Waals surface area contributed by atoms with E-state index in [9.17, 15) is 24.3 Å². The number of fused-ring (bicyclic) bond motifs is 3. The largest absolute Gasteiger partial charge is 0.441 e. The zero-order valence-corrected chi connectivity index (χ0v) is 22.2.